The first-order valence-corrected chi connectivity index (χ1v) is 7.32. The third-order valence-corrected chi connectivity index (χ3v) is 3.87. The lowest BCUT2D eigenvalue weighted by atomic mass is 10.0. The Hall–Kier alpha value is -2.93. The molecule has 1 fully saturated rings. The fraction of sp³-hybridized carbons (Fsp3) is 0.188. The van der Waals surface area contributed by atoms with Crippen LogP contribution in [-0.2, 0) is 0 Å². The Labute approximate surface area is 134 Å². The van der Waals surface area contributed by atoms with Gasteiger partial charge in [0.1, 0.15) is 11.6 Å². The van der Waals surface area contributed by atoms with Crippen molar-refractivity contribution >= 4 is 11.3 Å². The minimum Gasteiger partial charge on any atom is -0.507 e. The van der Waals surface area contributed by atoms with E-state index in [0.29, 0.717) is 22.9 Å². The van der Waals surface area contributed by atoms with Gasteiger partial charge in [0.05, 0.1) is 12.2 Å². The highest BCUT2D eigenvalue weighted by molar-refractivity contribution is 5.84. The summed E-state index contributed by atoms with van der Waals surface area (Å²) in [6.45, 7) is 1.79. The lowest BCUT2D eigenvalue weighted by molar-refractivity contribution is 0.318. The molecule has 1 aliphatic heterocycles. The predicted octanol–water partition coefficient (Wildman–Crippen LogP) is 0.319. The highest BCUT2D eigenvalue weighted by Gasteiger charge is 2.20. The van der Waals surface area contributed by atoms with E-state index in [2.05, 4.69) is 10.4 Å². The molecule has 8 N–H and O–H groups in total. The van der Waals surface area contributed by atoms with Gasteiger partial charge in [0, 0.05) is 41.7 Å². The first-order valence-electron chi connectivity index (χ1n) is 7.32. The highest BCUT2D eigenvalue weighted by Crippen LogP contribution is 2.26. The third-order valence-electron chi connectivity index (χ3n) is 3.87. The van der Waals surface area contributed by atoms with E-state index in [1.165, 1.54) is 0 Å². The fourth-order valence-electron chi connectivity index (χ4n) is 2.42. The molecular weight excluding hydrogens is 292 g/mol. The van der Waals surface area contributed by atoms with Gasteiger partial charge in [-0.2, -0.15) is 5.10 Å². The predicted molar refractivity (Wildman–Crippen MR) is 89.7 cm³/mol. The van der Waals surface area contributed by atoms with E-state index in [-0.39, 0.29) is 11.6 Å². The highest BCUT2D eigenvalue weighted by atomic mass is 16.3. The first kappa shape index (κ1) is 15.0. The largest absolute Gasteiger partial charge is 0.507 e. The van der Waals surface area contributed by atoms with Gasteiger partial charge in [-0.3, -0.25) is 4.68 Å². The molecule has 0 amide bonds. The molecule has 1 aliphatic rings. The average molecular weight is 312 g/mol. The lowest BCUT2D eigenvalue weighted by Crippen LogP contribution is -2.43. The molecule has 1 aromatic heterocycles. The van der Waals surface area contributed by atoms with Crippen molar-refractivity contribution in [1.82, 2.24) is 15.1 Å². The molecule has 0 unspecified atom stereocenters. The summed E-state index contributed by atoms with van der Waals surface area (Å²) in [4.78, 5) is 0. The second-order valence-electron chi connectivity index (χ2n) is 5.51. The molecule has 7 heteroatoms. The number of nitrogens with one attached hydrogen (secondary N) is 1. The Kier molecular flexibility index (Phi) is 3.94. The molecule has 2 heterocycles. The van der Waals surface area contributed by atoms with Crippen LogP contribution in [-0.4, -0.2) is 28.0 Å². The van der Waals surface area contributed by atoms with Crippen molar-refractivity contribution in [2.45, 2.75) is 6.04 Å². The maximum atomic E-state index is 9.90. The summed E-state index contributed by atoms with van der Waals surface area (Å²) in [5.74, 6) is 0.252. The van der Waals surface area contributed by atoms with Crippen LogP contribution in [0.2, 0.25) is 0 Å². The van der Waals surface area contributed by atoms with E-state index in [0.717, 1.165) is 18.7 Å². The fourth-order valence-corrected chi connectivity index (χ4v) is 2.42. The van der Waals surface area contributed by atoms with Crippen LogP contribution in [0.5, 0.6) is 5.75 Å². The van der Waals surface area contributed by atoms with Crippen LogP contribution >= 0.6 is 0 Å². The summed E-state index contributed by atoms with van der Waals surface area (Å²) < 4.78 is 1.89. The van der Waals surface area contributed by atoms with Gasteiger partial charge in [-0.1, -0.05) is 12.1 Å². The summed E-state index contributed by atoms with van der Waals surface area (Å²) in [6.07, 6.45) is 5.27. The number of nitrogens with two attached hydrogens (primary N) is 3. The summed E-state index contributed by atoms with van der Waals surface area (Å²) >= 11 is 0. The third kappa shape index (κ3) is 3.00. The smallest absolute Gasteiger partial charge is 0.124 e. The quantitative estimate of drug-likeness (QED) is 0.517. The number of para-hydroxylation sites is 1. The zero-order valence-corrected chi connectivity index (χ0v) is 12.6. The maximum absolute atomic E-state index is 9.90. The van der Waals surface area contributed by atoms with Crippen LogP contribution in [0.25, 0.3) is 11.3 Å². The number of rotatable bonds is 4. The van der Waals surface area contributed by atoms with Gasteiger partial charge in [-0.15, -0.1) is 0 Å². The van der Waals surface area contributed by atoms with Crippen molar-refractivity contribution in [3.63, 3.8) is 0 Å². The molecule has 3 rings (SSSR count). The Bertz CT molecular complexity index is 768. The summed E-state index contributed by atoms with van der Waals surface area (Å²) in [7, 11) is 0. The molecule has 1 saturated heterocycles. The topological polar surface area (TPSA) is 128 Å². The van der Waals surface area contributed by atoms with Gasteiger partial charge in [0.25, 0.3) is 0 Å². The standard InChI is InChI=1S/C16H20N6O/c17-14(12-3-1-2-4-15(12)23)5-13(16(18)19)10-6-21-22(9-10)11-7-20-8-11/h1-6,9,11,20,23H,7-8,17-19H2/b14-5-. The summed E-state index contributed by atoms with van der Waals surface area (Å²) in [5, 5.41) is 17.4. The normalized spacial score (nSPS) is 15.2. The molecule has 7 nitrogen and oxygen atoms in total. The zero-order chi connectivity index (χ0) is 16.4. The lowest BCUT2D eigenvalue weighted by Gasteiger charge is -2.27. The molecule has 0 saturated carbocycles. The number of hydrogen-bond acceptors (Lipinski definition) is 6. The van der Waals surface area contributed by atoms with Gasteiger partial charge < -0.3 is 27.6 Å². The van der Waals surface area contributed by atoms with Crippen molar-refractivity contribution in [2.24, 2.45) is 17.2 Å². The van der Waals surface area contributed by atoms with Gasteiger partial charge in [0.2, 0.25) is 0 Å². The maximum Gasteiger partial charge on any atom is 0.124 e. The van der Waals surface area contributed by atoms with Crippen molar-refractivity contribution in [3.05, 3.63) is 59.7 Å². The number of phenolic OH excluding ortho intramolecular Hbond substituents is 1. The van der Waals surface area contributed by atoms with Crippen LogP contribution in [0.15, 0.2) is 48.6 Å². The number of phenols is 1. The van der Waals surface area contributed by atoms with Crippen LogP contribution in [0.4, 0.5) is 0 Å². The molecule has 0 radical (unpaired) electrons. The second-order valence-corrected chi connectivity index (χ2v) is 5.51. The summed E-state index contributed by atoms with van der Waals surface area (Å²) in [5.41, 5.74) is 20.0. The van der Waals surface area contributed by atoms with Crippen molar-refractivity contribution in [1.29, 1.82) is 0 Å². The van der Waals surface area contributed by atoms with Crippen molar-refractivity contribution < 1.29 is 5.11 Å². The molecule has 2 aromatic rings. The Morgan fingerprint density at radius 1 is 1.26 bits per heavy atom. The SMILES string of the molecule is NC(N)=C(/C=C(\N)c1ccccc1O)c1cnn(C2CNC2)c1. The average Bonchev–Trinajstić information content (AvgIpc) is 2.91. The molecule has 0 atom stereocenters. The van der Waals surface area contributed by atoms with E-state index in [9.17, 15) is 5.11 Å². The monoisotopic (exact) mass is 312 g/mol. The number of hydrogen-bond donors (Lipinski definition) is 5. The number of aromatic hydroxyl groups is 1. The molecule has 0 spiro atoms. The van der Waals surface area contributed by atoms with Crippen LogP contribution in [0.1, 0.15) is 17.2 Å². The van der Waals surface area contributed by atoms with Crippen LogP contribution in [0.3, 0.4) is 0 Å². The van der Waals surface area contributed by atoms with Gasteiger partial charge in [-0.05, 0) is 18.2 Å². The van der Waals surface area contributed by atoms with Crippen LogP contribution in [0, 0.1) is 0 Å². The van der Waals surface area contributed by atoms with E-state index in [4.69, 9.17) is 17.2 Å². The van der Waals surface area contributed by atoms with Gasteiger partial charge in [0.15, 0.2) is 0 Å². The molecular formula is C16H20N6O. The minimum atomic E-state index is 0.104. The Morgan fingerprint density at radius 3 is 2.61 bits per heavy atom. The summed E-state index contributed by atoms with van der Waals surface area (Å²) in [6, 6.07) is 7.19. The molecule has 1 aromatic carbocycles. The molecule has 0 aliphatic carbocycles. The van der Waals surface area contributed by atoms with Gasteiger partial charge in [-0.25, -0.2) is 0 Å². The molecule has 120 valence electrons. The minimum absolute atomic E-state index is 0.104. The van der Waals surface area contributed by atoms with Gasteiger partial charge >= 0.3 is 0 Å². The second kappa shape index (κ2) is 6.05. The zero-order valence-electron chi connectivity index (χ0n) is 12.6. The molecule has 0 bridgehead atoms. The Balaban J connectivity index is 1.93. The van der Waals surface area contributed by atoms with Crippen molar-refractivity contribution in [3.8, 4) is 5.75 Å². The van der Waals surface area contributed by atoms with E-state index in [1.807, 2.05) is 10.9 Å². The van der Waals surface area contributed by atoms with Crippen LogP contribution < -0.4 is 22.5 Å². The van der Waals surface area contributed by atoms with E-state index in [1.54, 1.807) is 36.5 Å². The number of aromatic nitrogens is 2. The van der Waals surface area contributed by atoms with E-state index >= 15 is 0 Å². The number of benzene rings is 1. The Morgan fingerprint density at radius 2 is 2.00 bits per heavy atom. The first-order chi connectivity index (χ1) is 11.1. The van der Waals surface area contributed by atoms with Crippen molar-refractivity contribution in [2.75, 3.05) is 13.1 Å². The molecule has 23 heavy (non-hydrogen) atoms. The van der Waals surface area contributed by atoms with E-state index < -0.39 is 0 Å². The number of nitrogens with zero attached hydrogens (tertiary/aromatic N) is 2. The number of allylic oxidation sites excluding steroid dienone is 2.